The van der Waals surface area contributed by atoms with Crippen LogP contribution in [0, 0.1) is 5.92 Å². The van der Waals surface area contributed by atoms with Crippen molar-refractivity contribution in [1.29, 1.82) is 0 Å². The smallest absolute Gasteiger partial charge is 0.409 e. The van der Waals surface area contributed by atoms with E-state index >= 15 is 0 Å². The maximum atomic E-state index is 12.2. The van der Waals surface area contributed by atoms with Crippen molar-refractivity contribution < 1.29 is 9.53 Å². The number of carbonyl (C=O) groups excluding carboxylic acids is 1. The second-order valence-electron chi connectivity index (χ2n) is 7.09. The molecule has 134 valence electrons. The van der Waals surface area contributed by atoms with Crippen molar-refractivity contribution in [3.05, 3.63) is 34.7 Å². The van der Waals surface area contributed by atoms with Crippen LogP contribution < -0.4 is 5.69 Å². The Morgan fingerprint density at radius 3 is 2.68 bits per heavy atom. The summed E-state index contributed by atoms with van der Waals surface area (Å²) in [6, 6.07) is 8.10. The summed E-state index contributed by atoms with van der Waals surface area (Å²) >= 11 is 0. The number of likely N-dealkylation sites (tertiary alicyclic amines) is 2. The monoisotopic (exact) mass is 344 g/mol. The van der Waals surface area contributed by atoms with Crippen LogP contribution in [0.1, 0.15) is 18.9 Å². The molecule has 25 heavy (non-hydrogen) atoms. The van der Waals surface area contributed by atoms with E-state index in [1.165, 1.54) is 7.11 Å². The molecule has 4 rings (SSSR count). The molecular weight excluding hydrogens is 320 g/mol. The second kappa shape index (κ2) is 6.55. The molecule has 2 aliphatic rings. The number of para-hydroxylation sites is 2. The van der Waals surface area contributed by atoms with Crippen LogP contribution in [-0.2, 0) is 4.74 Å². The van der Waals surface area contributed by atoms with Gasteiger partial charge in [0.25, 0.3) is 0 Å². The number of fused-ring (bicyclic) bond motifs is 1. The molecule has 2 aliphatic heterocycles. The average molecular weight is 344 g/mol. The van der Waals surface area contributed by atoms with Gasteiger partial charge in [-0.05, 0) is 30.9 Å². The van der Waals surface area contributed by atoms with Gasteiger partial charge in [0.15, 0.2) is 0 Å². The van der Waals surface area contributed by atoms with Crippen LogP contribution in [0.5, 0.6) is 0 Å². The third kappa shape index (κ3) is 3.04. The maximum absolute atomic E-state index is 12.2. The van der Waals surface area contributed by atoms with Crippen molar-refractivity contribution in [1.82, 2.24) is 19.4 Å². The lowest BCUT2D eigenvalue weighted by molar-refractivity contribution is 0.0629. The Labute approximate surface area is 146 Å². The molecule has 0 spiro atoms. The van der Waals surface area contributed by atoms with Crippen LogP contribution in [0.2, 0.25) is 0 Å². The summed E-state index contributed by atoms with van der Waals surface area (Å²) in [5.41, 5.74) is 1.88. The Kier molecular flexibility index (Phi) is 4.25. The van der Waals surface area contributed by atoms with Gasteiger partial charge < -0.3 is 14.6 Å². The molecule has 1 aromatic carbocycles. The first-order chi connectivity index (χ1) is 12.2. The highest BCUT2D eigenvalue weighted by Crippen LogP contribution is 2.27. The van der Waals surface area contributed by atoms with Crippen molar-refractivity contribution in [2.24, 2.45) is 5.92 Å². The minimum Gasteiger partial charge on any atom is -0.453 e. The number of imidazole rings is 1. The van der Waals surface area contributed by atoms with E-state index in [0.717, 1.165) is 56.6 Å². The first-order valence-corrected chi connectivity index (χ1v) is 8.90. The van der Waals surface area contributed by atoms with Crippen molar-refractivity contribution in [2.75, 3.05) is 39.8 Å². The number of aromatic amines is 1. The van der Waals surface area contributed by atoms with Gasteiger partial charge in [-0.2, -0.15) is 0 Å². The van der Waals surface area contributed by atoms with Gasteiger partial charge in [-0.25, -0.2) is 9.59 Å². The Morgan fingerprint density at radius 1 is 1.24 bits per heavy atom. The fourth-order valence-electron chi connectivity index (χ4n) is 4.08. The number of carbonyl (C=O) groups is 1. The number of benzene rings is 1. The molecule has 2 saturated heterocycles. The van der Waals surface area contributed by atoms with E-state index in [4.69, 9.17) is 4.74 Å². The summed E-state index contributed by atoms with van der Waals surface area (Å²) in [5.74, 6) is 0.613. The number of hydrogen-bond acceptors (Lipinski definition) is 4. The van der Waals surface area contributed by atoms with Gasteiger partial charge in [0.2, 0.25) is 0 Å². The number of nitrogens with zero attached hydrogens (tertiary/aromatic N) is 3. The minimum atomic E-state index is -0.221. The van der Waals surface area contributed by atoms with Gasteiger partial charge in [-0.1, -0.05) is 12.1 Å². The number of nitrogens with one attached hydrogen (secondary N) is 1. The minimum absolute atomic E-state index is 0.0164. The van der Waals surface area contributed by atoms with Crippen LogP contribution in [0.25, 0.3) is 11.0 Å². The average Bonchev–Trinajstić information content (AvgIpc) is 2.93. The van der Waals surface area contributed by atoms with Gasteiger partial charge in [-0.15, -0.1) is 0 Å². The SMILES string of the molecule is COC(=O)N1CCC(CN2CC(n3c(=O)[nH]c4ccccc43)C2)CC1. The molecule has 1 aromatic heterocycles. The molecule has 7 nitrogen and oxygen atoms in total. The first kappa shape index (κ1) is 16.2. The number of piperidine rings is 1. The van der Waals surface area contributed by atoms with Crippen LogP contribution in [0.15, 0.2) is 29.1 Å². The largest absolute Gasteiger partial charge is 0.453 e. The zero-order chi connectivity index (χ0) is 17.4. The highest BCUT2D eigenvalue weighted by molar-refractivity contribution is 5.75. The fourth-order valence-corrected chi connectivity index (χ4v) is 4.08. The normalized spacial score (nSPS) is 20.0. The quantitative estimate of drug-likeness (QED) is 0.919. The number of amides is 1. The van der Waals surface area contributed by atoms with E-state index in [9.17, 15) is 9.59 Å². The molecule has 0 aliphatic carbocycles. The molecule has 2 aromatic rings. The van der Waals surface area contributed by atoms with E-state index in [1.807, 2.05) is 28.8 Å². The molecule has 0 unspecified atom stereocenters. The zero-order valence-corrected chi connectivity index (χ0v) is 14.5. The summed E-state index contributed by atoms with van der Waals surface area (Å²) in [6.45, 7) is 4.42. The standard InChI is InChI=1S/C18H24N4O3/c1-25-18(24)21-8-6-13(7-9-21)10-20-11-14(12-20)22-16-5-3-2-4-15(16)19-17(22)23/h2-5,13-14H,6-12H2,1H3,(H,19,23). The van der Waals surface area contributed by atoms with E-state index < -0.39 is 0 Å². The third-order valence-corrected chi connectivity index (χ3v) is 5.49. The van der Waals surface area contributed by atoms with Crippen molar-refractivity contribution in [2.45, 2.75) is 18.9 Å². The van der Waals surface area contributed by atoms with Crippen LogP contribution in [-0.4, -0.2) is 65.3 Å². The Balaban J connectivity index is 1.32. The van der Waals surface area contributed by atoms with Gasteiger partial charge in [-0.3, -0.25) is 9.47 Å². The predicted octanol–water partition coefficient (Wildman–Crippen LogP) is 1.66. The van der Waals surface area contributed by atoms with Crippen LogP contribution in [0.4, 0.5) is 4.79 Å². The Morgan fingerprint density at radius 2 is 1.96 bits per heavy atom. The predicted molar refractivity (Wildman–Crippen MR) is 94.7 cm³/mol. The van der Waals surface area contributed by atoms with Crippen molar-refractivity contribution >= 4 is 17.1 Å². The first-order valence-electron chi connectivity index (χ1n) is 8.90. The molecule has 3 heterocycles. The van der Waals surface area contributed by atoms with Gasteiger partial charge in [0, 0.05) is 32.7 Å². The maximum Gasteiger partial charge on any atom is 0.409 e. The molecule has 0 bridgehead atoms. The number of hydrogen-bond donors (Lipinski definition) is 1. The van der Waals surface area contributed by atoms with E-state index in [1.54, 1.807) is 4.90 Å². The highest BCUT2D eigenvalue weighted by Gasteiger charge is 2.33. The number of ether oxygens (including phenoxy) is 1. The summed E-state index contributed by atoms with van der Waals surface area (Å²) in [7, 11) is 1.43. The van der Waals surface area contributed by atoms with Crippen LogP contribution in [0.3, 0.4) is 0 Å². The molecule has 1 N–H and O–H groups in total. The Bertz CT molecular complexity index is 813. The highest BCUT2D eigenvalue weighted by atomic mass is 16.5. The van der Waals surface area contributed by atoms with Crippen molar-refractivity contribution in [3.8, 4) is 0 Å². The lowest BCUT2D eigenvalue weighted by atomic mass is 9.94. The number of aromatic nitrogens is 2. The summed E-state index contributed by atoms with van der Waals surface area (Å²) in [5, 5.41) is 0. The molecule has 2 fully saturated rings. The fraction of sp³-hybridized carbons (Fsp3) is 0.556. The zero-order valence-electron chi connectivity index (χ0n) is 14.5. The van der Waals surface area contributed by atoms with Gasteiger partial charge >= 0.3 is 11.8 Å². The van der Waals surface area contributed by atoms with Crippen LogP contribution >= 0.6 is 0 Å². The number of H-pyrrole nitrogens is 1. The number of methoxy groups -OCH3 is 1. The van der Waals surface area contributed by atoms with E-state index in [2.05, 4.69) is 9.88 Å². The van der Waals surface area contributed by atoms with Gasteiger partial charge in [0.05, 0.1) is 24.2 Å². The second-order valence-corrected chi connectivity index (χ2v) is 7.09. The van der Waals surface area contributed by atoms with Crippen molar-refractivity contribution in [3.63, 3.8) is 0 Å². The summed E-state index contributed by atoms with van der Waals surface area (Å²) < 4.78 is 6.68. The molecule has 0 saturated carbocycles. The molecule has 7 heteroatoms. The lowest BCUT2D eigenvalue weighted by Gasteiger charge is -2.43. The van der Waals surface area contributed by atoms with Gasteiger partial charge in [0.1, 0.15) is 0 Å². The third-order valence-electron chi connectivity index (χ3n) is 5.49. The summed E-state index contributed by atoms with van der Waals surface area (Å²) in [6.07, 6.45) is 1.81. The van der Waals surface area contributed by atoms with E-state index in [-0.39, 0.29) is 17.8 Å². The topological polar surface area (TPSA) is 70.6 Å². The van der Waals surface area contributed by atoms with E-state index in [0.29, 0.717) is 5.92 Å². The molecule has 0 atom stereocenters. The lowest BCUT2D eigenvalue weighted by Crippen LogP contribution is -2.52. The summed E-state index contributed by atoms with van der Waals surface area (Å²) in [4.78, 5) is 30.9. The number of rotatable bonds is 3. The molecular formula is C18H24N4O3. The Hall–Kier alpha value is -2.28. The molecule has 1 amide bonds. The molecule has 0 radical (unpaired) electrons.